The molecule has 0 aromatic heterocycles. The first kappa shape index (κ1) is 17.3. The highest BCUT2D eigenvalue weighted by Crippen LogP contribution is 2.47. The molecule has 1 N–H and O–H groups in total. The number of carboxylic acid groups (broad SMARTS) is 1. The molecule has 0 radical (unpaired) electrons. The lowest BCUT2D eigenvalue weighted by Crippen LogP contribution is -2.65. The van der Waals surface area contributed by atoms with Gasteiger partial charge in [-0.3, -0.25) is 9.59 Å². The summed E-state index contributed by atoms with van der Waals surface area (Å²) in [5, 5.41) is 9.20. The van der Waals surface area contributed by atoms with E-state index in [9.17, 15) is 14.7 Å². The topological polar surface area (TPSA) is 66.8 Å². The van der Waals surface area contributed by atoms with Crippen molar-refractivity contribution >= 4 is 11.9 Å². The minimum atomic E-state index is -0.832. The van der Waals surface area contributed by atoms with Gasteiger partial charge in [-0.25, -0.2) is 0 Å². The maximum atomic E-state index is 12.8. The van der Waals surface area contributed by atoms with E-state index in [1.807, 2.05) is 11.8 Å². The predicted octanol–water partition coefficient (Wildman–Crippen LogP) is 2.54. The van der Waals surface area contributed by atoms with Gasteiger partial charge in [0.25, 0.3) is 0 Å². The Morgan fingerprint density at radius 3 is 2.27 bits per heavy atom. The van der Waals surface area contributed by atoms with Crippen LogP contribution in [0.2, 0.25) is 0 Å². The molecule has 2 aliphatic rings. The molecular formula is C17H29NO4. The molecule has 0 bridgehead atoms. The number of carboxylic acids is 1. The second kappa shape index (κ2) is 6.57. The Labute approximate surface area is 133 Å². The third-order valence-electron chi connectivity index (χ3n) is 5.53. The standard InChI is InChI=1S/C17H29NO4/c1-5-9-18(13-10-14(22-6-2)17(13,3)4)15(19)11-7-8-12(11)16(20)21/h11-14H,5-10H2,1-4H3,(H,20,21). The number of amides is 1. The Kier molecular flexibility index (Phi) is 5.15. The van der Waals surface area contributed by atoms with Gasteiger partial charge in [0.2, 0.25) is 5.91 Å². The van der Waals surface area contributed by atoms with Crippen LogP contribution >= 0.6 is 0 Å². The van der Waals surface area contributed by atoms with E-state index < -0.39 is 11.9 Å². The summed E-state index contributed by atoms with van der Waals surface area (Å²) in [5.74, 6) is -1.61. The van der Waals surface area contributed by atoms with E-state index in [-0.39, 0.29) is 29.4 Å². The molecule has 126 valence electrons. The van der Waals surface area contributed by atoms with Crippen LogP contribution < -0.4 is 0 Å². The summed E-state index contributed by atoms with van der Waals surface area (Å²) >= 11 is 0. The smallest absolute Gasteiger partial charge is 0.307 e. The van der Waals surface area contributed by atoms with Gasteiger partial charge in [-0.2, -0.15) is 0 Å². The summed E-state index contributed by atoms with van der Waals surface area (Å²) < 4.78 is 5.76. The lowest BCUT2D eigenvalue weighted by molar-refractivity contribution is -0.177. The second-order valence-corrected chi connectivity index (χ2v) is 7.18. The molecule has 4 atom stereocenters. The summed E-state index contributed by atoms with van der Waals surface area (Å²) in [4.78, 5) is 26.0. The van der Waals surface area contributed by atoms with E-state index >= 15 is 0 Å². The van der Waals surface area contributed by atoms with Crippen molar-refractivity contribution in [1.82, 2.24) is 4.90 Å². The third kappa shape index (κ3) is 2.87. The van der Waals surface area contributed by atoms with Crippen LogP contribution in [0.4, 0.5) is 0 Å². The predicted molar refractivity (Wildman–Crippen MR) is 83.5 cm³/mol. The first-order valence-corrected chi connectivity index (χ1v) is 8.49. The fourth-order valence-electron chi connectivity index (χ4n) is 3.84. The fraction of sp³-hybridized carbons (Fsp3) is 0.882. The SMILES string of the molecule is CCCN(C(=O)C1CCC1C(=O)O)C1CC(OCC)C1(C)C. The normalized spacial score (nSPS) is 32.7. The van der Waals surface area contributed by atoms with E-state index in [2.05, 4.69) is 20.8 Å². The van der Waals surface area contributed by atoms with Crippen LogP contribution in [0.3, 0.4) is 0 Å². The molecule has 0 aromatic carbocycles. The number of carbonyl (C=O) groups excluding carboxylic acids is 1. The van der Waals surface area contributed by atoms with Crippen LogP contribution in [0.25, 0.3) is 0 Å². The van der Waals surface area contributed by atoms with Crippen molar-refractivity contribution in [3.05, 3.63) is 0 Å². The van der Waals surface area contributed by atoms with Crippen LogP contribution in [0.1, 0.15) is 53.4 Å². The van der Waals surface area contributed by atoms with Crippen molar-refractivity contribution < 1.29 is 19.4 Å². The van der Waals surface area contributed by atoms with Crippen LogP contribution in [-0.2, 0) is 14.3 Å². The zero-order valence-corrected chi connectivity index (χ0v) is 14.2. The molecule has 5 heteroatoms. The molecule has 0 heterocycles. The molecule has 2 rings (SSSR count). The monoisotopic (exact) mass is 311 g/mol. The zero-order valence-electron chi connectivity index (χ0n) is 14.2. The second-order valence-electron chi connectivity index (χ2n) is 7.18. The lowest BCUT2D eigenvalue weighted by Gasteiger charge is -2.56. The summed E-state index contributed by atoms with van der Waals surface area (Å²) in [6.45, 7) is 9.73. The molecular weight excluding hydrogens is 282 g/mol. The van der Waals surface area contributed by atoms with E-state index in [0.29, 0.717) is 26.0 Å². The van der Waals surface area contributed by atoms with Crippen molar-refractivity contribution in [1.29, 1.82) is 0 Å². The van der Waals surface area contributed by atoms with Crippen molar-refractivity contribution in [2.75, 3.05) is 13.2 Å². The number of hydrogen-bond acceptors (Lipinski definition) is 3. The number of hydrogen-bond donors (Lipinski definition) is 1. The molecule has 2 fully saturated rings. The summed E-state index contributed by atoms with van der Waals surface area (Å²) in [6, 6.07) is 0.159. The summed E-state index contributed by atoms with van der Waals surface area (Å²) in [6.07, 6.45) is 3.27. The van der Waals surface area contributed by atoms with Gasteiger partial charge in [0.05, 0.1) is 17.9 Å². The van der Waals surface area contributed by atoms with Crippen LogP contribution in [-0.4, -0.2) is 47.2 Å². The van der Waals surface area contributed by atoms with E-state index in [0.717, 1.165) is 12.8 Å². The van der Waals surface area contributed by atoms with Gasteiger partial charge in [0.15, 0.2) is 0 Å². The van der Waals surface area contributed by atoms with E-state index in [1.165, 1.54) is 0 Å². The summed E-state index contributed by atoms with van der Waals surface area (Å²) in [5.41, 5.74) is -0.0662. The maximum absolute atomic E-state index is 12.8. The first-order valence-electron chi connectivity index (χ1n) is 8.49. The Balaban J connectivity index is 2.07. The van der Waals surface area contributed by atoms with Crippen molar-refractivity contribution in [3.8, 4) is 0 Å². The molecule has 2 aliphatic carbocycles. The molecule has 1 amide bonds. The van der Waals surface area contributed by atoms with E-state index in [1.54, 1.807) is 0 Å². The number of ether oxygens (including phenoxy) is 1. The van der Waals surface area contributed by atoms with Gasteiger partial charge in [-0.05, 0) is 32.6 Å². The quantitative estimate of drug-likeness (QED) is 0.784. The lowest BCUT2D eigenvalue weighted by atomic mass is 9.63. The fourth-order valence-corrected chi connectivity index (χ4v) is 3.84. The summed E-state index contributed by atoms with van der Waals surface area (Å²) in [7, 11) is 0. The van der Waals surface area contributed by atoms with E-state index in [4.69, 9.17) is 4.74 Å². The first-order chi connectivity index (χ1) is 10.3. The Hall–Kier alpha value is -1.10. The highest BCUT2D eigenvalue weighted by Gasteiger charge is 2.54. The average molecular weight is 311 g/mol. The molecule has 22 heavy (non-hydrogen) atoms. The highest BCUT2D eigenvalue weighted by atomic mass is 16.5. The van der Waals surface area contributed by atoms with Crippen molar-refractivity contribution in [3.63, 3.8) is 0 Å². The molecule has 0 spiro atoms. The van der Waals surface area contributed by atoms with Gasteiger partial charge < -0.3 is 14.7 Å². The molecule has 5 nitrogen and oxygen atoms in total. The number of nitrogens with zero attached hydrogens (tertiary/aromatic N) is 1. The molecule has 0 aromatic rings. The van der Waals surface area contributed by atoms with Gasteiger partial charge >= 0.3 is 5.97 Å². The van der Waals surface area contributed by atoms with Gasteiger partial charge in [-0.1, -0.05) is 20.8 Å². The Bertz CT molecular complexity index is 434. The Morgan fingerprint density at radius 1 is 1.23 bits per heavy atom. The van der Waals surface area contributed by atoms with Crippen LogP contribution in [0.15, 0.2) is 0 Å². The van der Waals surface area contributed by atoms with Crippen LogP contribution in [0.5, 0.6) is 0 Å². The molecule has 2 saturated carbocycles. The van der Waals surface area contributed by atoms with Gasteiger partial charge in [0, 0.05) is 24.6 Å². The third-order valence-corrected chi connectivity index (χ3v) is 5.53. The maximum Gasteiger partial charge on any atom is 0.307 e. The molecule has 4 unspecified atom stereocenters. The van der Waals surface area contributed by atoms with Crippen LogP contribution in [0, 0.1) is 17.3 Å². The van der Waals surface area contributed by atoms with Crippen molar-refractivity contribution in [2.45, 2.75) is 65.5 Å². The molecule has 0 aliphatic heterocycles. The van der Waals surface area contributed by atoms with Crippen molar-refractivity contribution in [2.24, 2.45) is 17.3 Å². The Morgan fingerprint density at radius 2 is 1.86 bits per heavy atom. The largest absolute Gasteiger partial charge is 0.481 e. The van der Waals surface area contributed by atoms with Gasteiger partial charge in [-0.15, -0.1) is 0 Å². The minimum Gasteiger partial charge on any atom is -0.481 e. The zero-order chi connectivity index (χ0) is 16.5. The number of carbonyl (C=O) groups is 2. The average Bonchev–Trinajstić information content (AvgIpc) is 2.39. The number of aliphatic carboxylic acids is 1. The molecule has 0 saturated heterocycles. The number of rotatable bonds is 7. The van der Waals surface area contributed by atoms with Gasteiger partial charge in [0.1, 0.15) is 0 Å². The highest BCUT2D eigenvalue weighted by molar-refractivity contribution is 5.86. The minimum absolute atomic E-state index is 0.0357.